The summed E-state index contributed by atoms with van der Waals surface area (Å²) in [6, 6.07) is 6.33. The number of hydrogen-bond donors (Lipinski definition) is 3. The maximum atomic E-state index is 13.0. The molecule has 0 bridgehead atoms. The lowest BCUT2D eigenvalue weighted by atomic mass is 9.95. The van der Waals surface area contributed by atoms with Crippen molar-refractivity contribution in [3.05, 3.63) is 29.3 Å². The van der Waals surface area contributed by atoms with Gasteiger partial charge in [0.05, 0.1) is 44.4 Å². The molecule has 0 spiro atoms. The molecule has 1 saturated carbocycles. The van der Waals surface area contributed by atoms with E-state index in [0.717, 1.165) is 6.54 Å². The van der Waals surface area contributed by atoms with Crippen molar-refractivity contribution < 1.29 is 24.2 Å². The lowest BCUT2D eigenvalue weighted by Gasteiger charge is -2.44. The quantitative estimate of drug-likeness (QED) is 0.638. The summed E-state index contributed by atoms with van der Waals surface area (Å²) in [6.45, 7) is 1.30. The second-order valence-corrected chi connectivity index (χ2v) is 9.11. The zero-order valence-corrected chi connectivity index (χ0v) is 18.2. The fourth-order valence-corrected chi connectivity index (χ4v) is 4.29. The van der Waals surface area contributed by atoms with Crippen LogP contribution in [0.2, 0.25) is 5.02 Å². The van der Waals surface area contributed by atoms with Gasteiger partial charge in [0.25, 0.3) is 0 Å². The summed E-state index contributed by atoms with van der Waals surface area (Å²) in [5.41, 5.74) is 0.626. The van der Waals surface area contributed by atoms with Crippen molar-refractivity contribution in [1.29, 1.82) is 0 Å². The first-order valence-corrected chi connectivity index (χ1v) is 11.4. The Morgan fingerprint density at radius 2 is 1.90 bits per heavy atom. The van der Waals surface area contributed by atoms with Crippen molar-refractivity contribution in [2.45, 2.75) is 56.5 Å². The zero-order chi connectivity index (χ0) is 21.8. The van der Waals surface area contributed by atoms with Gasteiger partial charge in [-0.15, -0.1) is 0 Å². The minimum Gasteiger partial charge on any atom is -0.389 e. The summed E-state index contributed by atoms with van der Waals surface area (Å²) in [6.07, 6.45) is 2.72. The van der Waals surface area contributed by atoms with E-state index in [1.807, 2.05) is 0 Å². The Hall–Kier alpha value is -1.87. The van der Waals surface area contributed by atoms with Crippen LogP contribution in [0, 0.1) is 5.92 Å². The number of nitrogens with zero attached hydrogens (tertiary/aromatic N) is 1. The molecule has 4 rings (SSSR count). The largest absolute Gasteiger partial charge is 0.389 e. The minimum absolute atomic E-state index is 0.00914. The van der Waals surface area contributed by atoms with Gasteiger partial charge in [0.2, 0.25) is 5.91 Å². The number of rotatable bonds is 5. The second kappa shape index (κ2) is 10.2. The van der Waals surface area contributed by atoms with Crippen LogP contribution >= 0.6 is 11.6 Å². The summed E-state index contributed by atoms with van der Waals surface area (Å²) in [7, 11) is 0. The van der Waals surface area contributed by atoms with Crippen LogP contribution in [-0.4, -0.2) is 72.6 Å². The number of urea groups is 1. The molecule has 4 atom stereocenters. The standard InChI is InChI=1S/C22H30ClN3O5/c23-15-3-5-16(6-4-15)25-22(29)26-11-17(27)12-30-13-20-19(26)8-7-18(31-20)9-21(28)24-10-14-1-2-14/h3-6,14,17-20,27H,1-2,7-13H2,(H,24,28)(H,25,29)/t17-,18-,19+,20-/m1/s1. The Balaban J connectivity index is 1.38. The van der Waals surface area contributed by atoms with Crippen molar-refractivity contribution in [3.8, 4) is 0 Å². The number of carbonyl (C=O) groups excluding carboxylic acids is 2. The number of halogens is 1. The van der Waals surface area contributed by atoms with E-state index < -0.39 is 6.10 Å². The van der Waals surface area contributed by atoms with Crippen molar-refractivity contribution >= 4 is 29.2 Å². The van der Waals surface area contributed by atoms with Gasteiger partial charge >= 0.3 is 6.03 Å². The fourth-order valence-electron chi connectivity index (χ4n) is 4.16. The number of hydrogen-bond acceptors (Lipinski definition) is 5. The van der Waals surface area contributed by atoms with E-state index >= 15 is 0 Å². The number of ether oxygens (including phenoxy) is 2. The topological polar surface area (TPSA) is 100 Å². The first-order valence-electron chi connectivity index (χ1n) is 11.0. The smallest absolute Gasteiger partial charge is 0.322 e. The average Bonchev–Trinajstić information content (AvgIpc) is 3.56. The maximum absolute atomic E-state index is 13.0. The number of aliphatic hydroxyl groups is 1. The molecule has 170 valence electrons. The molecule has 0 unspecified atom stereocenters. The molecular weight excluding hydrogens is 422 g/mol. The Morgan fingerprint density at radius 3 is 2.65 bits per heavy atom. The van der Waals surface area contributed by atoms with Gasteiger partial charge in [-0.1, -0.05) is 11.6 Å². The predicted octanol–water partition coefficient (Wildman–Crippen LogP) is 2.40. The molecule has 2 saturated heterocycles. The first kappa shape index (κ1) is 22.3. The lowest BCUT2D eigenvalue weighted by Crippen LogP contribution is -2.58. The molecule has 0 radical (unpaired) electrons. The van der Waals surface area contributed by atoms with E-state index in [2.05, 4.69) is 10.6 Å². The highest BCUT2D eigenvalue weighted by molar-refractivity contribution is 6.30. The van der Waals surface area contributed by atoms with Crippen LogP contribution in [-0.2, 0) is 14.3 Å². The Labute approximate surface area is 187 Å². The molecule has 8 nitrogen and oxygen atoms in total. The number of anilines is 1. The van der Waals surface area contributed by atoms with Gasteiger partial charge in [0, 0.05) is 17.3 Å². The van der Waals surface area contributed by atoms with Gasteiger partial charge in [-0.2, -0.15) is 0 Å². The molecule has 1 aromatic rings. The number of amides is 3. The third-order valence-electron chi connectivity index (χ3n) is 6.04. The van der Waals surface area contributed by atoms with Gasteiger partial charge in [0.15, 0.2) is 0 Å². The molecule has 1 aliphatic carbocycles. The summed E-state index contributed by atoms with van der Waals surface area (Å²) in [5.74, 6) is 0.647. The normalized spacial score (nSPS) is 28.8. The molecule has 9 heteroatoms. The van der Waals surface area contributed by atoms with Crippen molar-refractivity contribution in [1.82, 2.24) is 10.2 Å². The highest BCUT2D eigenvalue weighted by atomic mass is 35.5. The van der Waals surface area contributed by atoms with Gasteiger partial charge in [-0.05, 0) is 55.9 Å². The van der Waals surface area contributed by atoms with E-state index in [1.165, 1.54) is 12.8 Å². The maximum Gasteiger partial charge on any atom is 0.322 e. The number of β-amino-alcohol motifs (C(OH)–C–C–N with tert-alkyl or cyclic N) is 1. The van der Waals surface area contributed by atoms with Crippen molar-refractivity contribution in [2.75, 3.05) is 31.6 Å². The number of aliphatic hydroxyl groups excluding tert-OH is 1. The molecule has 0 aromatic heterocycles. The summed E-state index contributed by atoms with van der Waals surface area (Å²) in [5, 5.41) is 16.7. The van der Waals surface area contributed by atoms with E-state index in [-0.39, 0.29) is 49.9 Å². The summed E-state index contributed by atoms with van der Waals surface area (Å²) < 4.78 is 11.8. The first-order chi connectivity index (χ1) is 15.0. The van der Waals surface area contributed by atoms with Crippen LogP contribution in [0.5, 0.6) is 0 Å². The Morgan fingerprint density at radius 1 is 1.13 bits per heavy atom. The Kier molecular flexibility index (Phi) is 7.32. The third-order valence-corrected chi connectivity index (χ3v) is 6.29. The molecule has 2 heterocycles. The minimum atomic E-state index is -0.775. The highest BCUT2D eigenvalue weighted by Crippen LogP contribution is 2.29. The highest BCUT2D eigenvalue weighted by Gasteiger charge is 2.40. The molecule has 3 fully saturated rings. The van der Waals surface area contributed by atoms with E-state index in [0.29, 0.717) is 35.9 Å². The number of nitrogens with one attached hydrogen (secondary N) is 2. The van der Waals surface area contributed by atoms with Crippen LogP contribution < -0.4 is 10.6 Å². The zero-order valence-electron chi connectivity index (χ0n) is 17.5. The average molecular weight is 452 g/mol. The fraction of sp³-hybridized carbons (Fsp3) is 0.636. The van der Waals surface area contributed by atoms with Gasteiger partial charge in [0.1, 0.15) is 6.10 Å². The van der Waals surface area contributed by atoms with Crippen LogP contribution in [0.3, 0.4) is 0 Å². The molecule has 3 aliphatic rings. The Bertz CT molecular complexity index is 773. The summed E-state index contributed by atoms with van der Waals surface area (Å²) >= 11 is 5.92. The van der Waals surface area contributed by atoms with Gasteiger partial charge in [-0.25, -0.2) is 4.79 Å². The molecule has 31 heavy (non-hydrogen) atoms. The number of fused-ring (bicyclic) bond motifs is 1. The monoisotopic (exact) mass is 451 g/mol. The van der Waals surface area contributed by atoms with Crippen LogP contribution in [0.1, 0.15) is 32.1 Å². The number of carbonyl (C=O) groups is 2. The van der Waals surface area contributed by atoms with Crippen LogP contribution in [0.25, 0.3) is 0 Å². The number of benzene rings is 1. The predicted molar refractivity (Wildman–Crippen MR) is 116 cm³/mol. The van der Waals surface area contributed by atoms with E-state index in [9.17, 15) is 14.7 Å². The van der Waals surface area contributed by atoms with Crippen molar-refractivity contribution in [3.63, 3.8) is 0 Å². The van der Waals surface area contributed by atoms with Crippen LogP contribution in [0.4, 0.5) is 10.5 Å². The molecule has 3 N–H and O–H groups in total. The van der Waals surface area contributed by atoms with Gasteiger partial charge < -0.3 is 30.1 Å². The third kappa shape index (κ3) is 6.32. The van der Waals surface area contributed by atoms with Crippen LogP contribution in [0.15, 0.2) is 24.3 Å². The van der Waals surface area contributed by atoms with E-state index in [1.54, 1.807) is 29.2 Å². The summed E-state index contributed by atoms with van der Waals surface area (Å²) in [4.78, 5) is 26.9. The second-order valence-electron chi connectivity index (χ2n) is 8.67. The van der Waals surface area contributed by atoms with Gasteiger partial charge in [-0.3, -0.25) is 4.79 Å². The lowest BCUT2D eigenvalue weighted by molar-refractivity contribution is -0.149. The molecular formula is C22H30ClN3O5. The van der Waals surface area contributed by atoms with Crippen molar-refractivity contribution in [2.24, 2.45) is 5.92 Å². The van der Waals surface area contributed by atoms with E-state index in [4.69, 9.17) is 21.1 Å². The molecule has 2 aliphatic heterocycles. The molecule has 3 amide bonds. The molecule has 1 aromatic carbocycles. The SMILES string of the molecule is O=C(C[C@H]1CC[C@H]2[C@@H](COC[C@H](O)CN2C(=O)Nc2ccc(Cl)cc2)O1)NCC1CC1.